The lowest BCUT2D eigenvalue weighted by atomic mass is 10.0. The lowest BCUT2D eigenvalue weighted by Crippen LogP contribution is -2.08. The molecule has 0 saturated carbocycles. The van der Waals surface area contributed by atoms with Gasteiger partial charge < -0.3 is 0 Å². The molecule has 1 aliphatic carbocycles. The molecule has 0 fully saturated rings. The quantitative estimate of drug-likeness (QED) is 0.369. The minimum atomic E-state index is -1.16. The van der Waals surface area contributed by atoms with Gasteiger partial charge in [0.2, 0.25) is 0 Å². The predicted octanol–water partition coefficient (Wildman–Crippen LogP) is 4.56. The zero-order valence-corrected chi connectivity index (χ0v) is 14.5. The Morgan fingerprint density at radius 2 is 1.24 bits per heavy atom. The van der Waals surface area contributed by atoms with Crippen LogP contribution in [-0.4, -0.2) is 20.5 Å². The van der Waals surface area contributed by atoms with Gasteiger partial charge >= 0.3 is 17.1 Å². The van der Waals surface area contributed by atoms with E-state index >= 15 is 0 Å². The molecule has 0 bridgehead atoms. The molecule has 10 nitrogen and oxygen atoms in total. The number of para-hydroxylation sites is 1. The molecular formula is C19H10N4O6. The summed E-state index contributed by atoms with van der Waals surface area (Å²) in [6, 6.07) is 16.3. The van der Waals surface area contributed by atoms with Crippen molar-refractivity contribution < 1.29 is 14.8 Å². The maximum atomic E-state index is 11.8. The van der Waals surface area contributed by atoms with Crippen LogP contribution in [0.4, 0.5) is 22.7 Å². The molecule has 3 aromatic rings. The van der Waals surface area contributed by atoms with Gasteiger partial charge in [-0.15, -0.1) is 0 Å². The van der Waals surface area contributed by atoms with E-state index in [1.165, 1.54) is 0 Å². The highest BCUT2D eigenvalue weighted by atomic mass is 16.6. The number of aliphatic imine (C=N–C) groups is 1. The van der Waals surface area contributed by atoms with E-state index in [2.05, 4.69) is 4.99 Å². The van der Waals surface area contributed by atoms with E-state index in [1.54, 1.807) is 54.6 Å². The lowest BCUT2D eigenvalue weighted by Gasteiger charge is -2.05. The van der Waals surface area contributed by atoms with Crippen molar-refractivity contribution in [2.45, 2.75) is 0 Å². The highest BCUT2D eigenvalue weighted by Crippen LogP contribution is 2.49. The highest BCUT2D eigenvalue weighted by Gasteiger charge is 2.45. The second-order valence-corrected chi connectivity index (χ2v) is 6.13. The van der Waals surface area contributed by atoms with Crippen molar-refractivity contribution in [1.82, 2.24) is 0 Å². The summed E-state index contributed by atoms with van der Waals surface area (Å²) in [5.74, 6) is 0. The van der Waals surface area contributed by atoms with Gasteiger partial charge in [0.15, 0.2) is 0 Å². The van der Waals surface area contributed by atoms with Crippen LogP contribution in [0.25, 0.3) is 11.1 Å². The second kappa shape index (κ2) is 6.60. The van der Waals surface area contributed by atoms with Gasteiger partial charge in [0.25, 0.3) is 0 Å². The minimum absolute atomic E-state index is 0.0997. The number of rotatable bonds is 4. The van der Waals surface area contributed by atoms with Crippen molar-refractivity contribution in [1.29, 1.82) is 0 Å². The van der Waals surface area contributed by atoms with Crippen LogP contribution in [0, 0.1) is 30.3 Å². The molecule has 0 unspecified atom stereocenters. The molecule has 0 radical (unpaired) electrons. The smallest absolute Gasteiger partial charge is 0.258 e. The van der Waals surface area contributed by atoms with E-state index in [4.69, 9.17) is 0 Å². The molecule has 1 aliphatic rings. The predicted molar refractivity (Wildman–Crippen MR) is 104 cm³/mol. The van der Waals surface area contributed by atoms with Crippen LogP contribution >= 0.6 is 0 Å². The van der Waals surface area contributed by atoms with Crippen LogP contribution in [-0.2, 0) is 0 Å². The summed E-state index contributed by atoms with van der Waals surface area (Å²) in [4.78, 5) is 36.2. The van der Waals surface area contributed by atoms with Crippen LogP contribution in [0.3, 0.4) is 0 Å². The van der Waals surface area contributed by atoms with E-state index in [9.17, 15) is 30.3 Å². The van der Waals surface area contributed by atoms with Gasteiger partial charge in [-0.1, -0.05) is 42.5 Å². The summed E-state index contributed by atoms with van der Waals surface area (Å²) in [6.45, 7) is 0. The van der Waals surface area contributed by atoms with Gasteiger partial charge in [0.1, 0.15) is 0 Å². The van der Waals surface area contributed by atoms with Gasteiger partial charge in [-0.2, -0.15) is 0 Å². The molecule has 0 N–H and O–H groups in total. The average molecular weight is 390 g/mol. The number of hydrogen-bond acceptors (Lipinski definition) is 7. The topological polar surface area (TPSA) is 142 Å². The highest BCUT2D eigenvalue weighted by molar-refractivity contribution is 6.28. The Morgan fingerprint density at radius 3 is 1.83 bits per heavy atom. The summed E-state index contributed by atoms with van der Waals surface area (Å²) in [6.07, 6.45) is 0. The lowest BCUT2D eigenvalue weighted by molar-refractivity contribution is -0.441. The van der Waals surface area contributed by atoms with Gasteiger partial charge in [0.05, 0.1) is 31.7 Å². The summed E-state index contributed by atoms with van der Waals surface area (Å²) < 4.78 is 0. The summed E-state index contributed by atoms with van der Waals surface area (Å²) in [5.41, 5.74) is -1.33. The maximum Gasteiger partial charge on any atom is 0.423 e. The number of benzene rings is 3. The number of nitrogens with zero attached hydrogens (tertiary/aromatic N) is 4. The van der Waals surface area contributed by atoms with Crippen LogP contribution in [0.2, 0.25) is 0 Å². The fraction of sp³-hybridized carbons (Fsp3) is 0. The van der Waals surface area contributed by atoms with E-state index in [0.717, 1.165) is 6.07 Å². The second-order valence-electron chi connectivity index (χ2n) is 6.13. The SMILES string of the molecule is O=[N+]([O-])c1cc2c(c([N+](=O)[O-])c1[N+](=O)[O-])C(=Nc1ccccc1)c1ccccc1-2. The van der Waals surface area contributed by atoms with Crippen LogP contribution in [0.15, 0.2) is 65.7 Å². The van der Waals surface area contributed by atoms with Crippen molar-refractivity contribution in [2.75, 3.05) is 0 Å². The first-order valence-corrected chi connectivity index (χ1v) is 8.28. The van der Waals surface area contributed by atoms with Crippen LogP contribution in [0.1, 0.15) is 11.1 Å². The first-order chi connectivity index (χ1) is 13.9. The zero-order valence-electron chi connectivity index (χ0n) is 14.5. The van der Waals surface area contributed by atoms with Crippen molar-refractivity contribution in [3.05, 3.63) is 102 Å². The summed E-state index contributed by atoms with van der Waals surface area (Å²) in [5, 5.41) is 34.8. The molecule has 29 heavy (non-hydrogen) atoms. The Labute approximate surface area is 162 Å². The molecule has 142 valence electrons. The Morgan fingerprint density at radius 1 is 0.655 bits per heavy atom. The standard InChI is InChI=1S/C19H10N4O6/c24-21(25)15-10-14-12-8-4-5-9-13(12)17(20-11-6-2-1-3-7-11)16(14)19(23(28)29)18(15)22(26)27/h1-10H. The Balaban J connectivity index is 2.17. The molecule has 0 saturated heterocycles. The van der Waals surface area contributed by atoms with E-state index in [0.29, 0.717) is 16.8 Å². The fourth-order valence-corrected chi connectivity index (χ4v) is 3.40. The Bertz CT molecular complexity index is 1240. The molecule has 3 aromatic carbocycles. The Hall–Kier alpha value is -4.47. The molecular weight excluding hydrogens is 380 g/mol. The summed E-state index contributed by atoms with van der Waals surface area (Å²) >= 11 is 0. The van der Waals surface area contributed by atoms with Crippen LogP contribution < -0.4 is 0 Å². The van der Waals surface area contributed by atoms with E-state index in [1.807, 2.05) is 0 Å². The minimum Gasteiger partial charge on any atom is -0.258 e. The first kappa shape index (κ1) is 17.9. The molecule has 0 aliphatic heterocycles. The van der Waals surface area contributed by atoms with Gasteiger partial charge in [-0.05, 0) is 17.7 Å². The van der Waals surface area contributed by atoms with Crippen LogP contribution in [0.5, 0.6) is 0 Å². The fourth-order valence-electron chi connectivity index (χ4n) is 3.40. The number of fused-ring (bicyclic) bond motifs is 3. The molecule has 4 rings (SSSR count). The molecule has 10 heteroatoms. The average Bonchev–Trinajstić information content (AvgIpc) is 3.00. The number of hydrogen-bond donors (Lipinski definition) is 0. The van der Waals surface area contributed by atoms with Gasteiger partial charge in [-0.25, -0.2) is 4.99 Å². The Kier molecular flexibility index (Phi) is 4.08. The monoisotopic (exact) mass is 390 g/mol. The van der Waals surface area contributed by atoms with Crippen molar-refractivity contribution in [2.24, 2.45) is 4.99 Å². The number of nitro benzene ring substituents is 3. The first-order valence-electron chi connectivity index (χ1n) is 8.28. The van der Waals surface area contributed by atoms with E-state index < -0.39 is 31.8 Å². The summed E-state index contributed by atoms with van der Waals surface area (Å²) in [7, 11) is 0. The van der Waals surface area contributed by atoms with Crippen molar-refractivity contribution >= 4 is 28.5 Å². The third-order valence-electron chi connectivity index (χ3n) is 4.52. The maximum absolute atomic E-state index is 11.8. The third-order valence-corrected chi connectivity index (χ3v) is 4.52. The molecule has 0 atom stereocenters. The molecule has 0 amide bonds. The number of nitro groups is 3. The van der Waals surface area contributed by atoms with Gasteiger partial charge in [-0.3, -0.25) is 30.3 Å². The molecule has 0 spiro atoms. The molecule has 0 heterocycles. The molecule has 0 aromatic heterocycles. The van der Waals surface area contributed by atoms with Crippen molar-refractivity contribution in [3.63, 3.8) is 0 Å². The normalized spacial score (nSPS) is 13.0. The van der Waals surface area contributed by atoms with Gasteiger partial charge in [0, 0.05) is 17.2 Å². The van der Waals surface area contributed by atoms with E-state index in [-0.39, 0.29) is 16.8 Å². The van der Waals surface area contributed by atoms with Crippen molar-refractivity contribution in [3.8, 4) is 11.1 Å². The largest absolute Gasteiger partial charge is 0.423 e. The third kappa shape index (κ3) is 2.79. The zero-order chi connectivity index (χ0) is 20.7.